The van der Waals surface area contributed by atoms with Crippen molar-refractivity contribution in [3.63, 3.8) is 0 Å². The van der Waals surface area contributed by atoms with Gasteiger partial charge in [-0.15, -0.1) is 0 Å². The molecule has 1 aromatic heterocycles. The van der Waals surface area contributed by atoms with E-state index in [1.54, 1.807) is 31.4 Å². The summed E-state index contributed by atoms with van der Waals surface area (Å²) in [6.07, 6.45) is 3.36. The number of nitrogens with zero attached hydrogens (tertiary/aromatic N) is 2. The number of aromatic nitrogens is 2. The topological polar surface area (TPSA) is 103 Å². The van der Waals surface area contributed by atoms with E-state index in [2.05, 4.69) is 15.3 Å². The third-order valence-corrected chi connectivity index (χ3v) is 4.84. The summed E-state index contributed by atoms with van der Waals surface area (Å²) < 4.78 is 15.9. The van der Waals surface area contributed by atoms with Crippen molar-refractivity contribution >= 4 is 17.7 Å². The summed E-state index contributed by atoms with van der Waals surface area (Å²) in [4.78, 5) is 20.9. The highest BCUT2D eigenvalue weighted by molar-refractivity contribution is 6.30. The van der Waals surface area contributed by atoms with Gasteiger partial charge in [-0.25, -0.2) is 14.8 Å². The Balaban J connectivity index is 1.75. The van der Waals surface area contributed by atoms with Crippen LogP contribution in [0.1, 0.15) is 25.7 Å². The number of nitrogens with one attached hydrogen (secondary N) is 1. The second kappa shape index (κ2) is 10.4. The van der Waals surface area contributed by atoms with E-state index in [0.29, 0.717) is 48.2 Å². The van der Waals surface area contributed by atoms with E-state index in [4.69, 9.17) is 25.8 Å². The summed E-state index contributed by atoms with van der Waals surface area (Å²) in [6, 6.07) is 6.68. The van der Waals surface area contributed by atoms with Gasteiger partial charge in [0.2, 0.25) is 11.8 Å². The number of carbonyl (C=O) groups excluding carboxylic acids is 1. The molecule has 0 bridgehead atoms. The number of methoxy groups -OCH3 is 1. The second-order valence-electron chi connectivity index (χ2n) is 6.70. The Hall–Kier alpha value is -2.42. The van der Waals surface area contributed by atoms with Crippen LogP contribution in [0.25, 0.3) is 11.3 Å². The average molecular weight is 422 g/mol. The molecule has 1 aromatic carbocycles. The maximum Gasteiger partial charge on any atom is 0.414 e. The van der Waals surface area contributed by atoms with E-state index >= 15 is 0 Å². The monoisotopic (exact) mass is 421 g/mol. The Labute approximate surface area is 174 Å². The van der Waals surface area contributed by atoms with Gasteiger partial charge in [0, 0.05) is 17.7 Å². The van der Waals surface area contributed by atoms with Crippen LogP contribution in [0.15, 0.2) is 30.5 Å². The molecule has 9 heteroatoms. The number of hydrogen-bond donors (Lipinski definition) is 2. The quantitative estimate of drug-likeness (QED) is 0.661. The Morgan fingerprint density at radius 3 is 2.72 bits per heavy atom. The smallest absolute Gasteiger partial charge is 0.414 e. The minimum absolute atomic E-state index is 0.0249. The second-order valence-corrected chi connectivity index (χ2v) is 7.14. The van der Waals surface area contributed by atoms with Crippen molar-refractivity contribution in [1.82, 2.24) is 15.3 Å². The maximum absolute atomic E-state index is 12.2. The van der Waals surface area contributed by atoms with Gasteiger partial charge in [-0.3, -0.25) is 0 Å². The molecule has 3 rings (SSSR count). The van der Waals surface area contributed by atoms with Gasteiger partial charge < -0.3 is 24.6 Å². The number of ether oxygens (including phenoxy) is 3. The SMILES string of the molecule is COCCOc1ncc(OC(=O)N[C@@H]2CCCC[C@H]2O)nc1-c1ccc(Cl)cc1. The van der Waals surface area contributed by atoms with Gasteiger partial charge in [0.05, 0.1) is 24.9 Å². The van der Waals surface area contributed by atoms with E-state index in [1.165, 1.54) is 6.20 Å². The van der Waals surface area contributed by atoms with Gasteiger partial charge in [0.15, 0.2) is 0 Å². The summed E-state index contributed by atoms with van der Waals surface area (Å²) in [6.45, 7) is 0.693. The predicted octanol–water partition coefficient (Wildman–Crippen LogP) is 3.21. The van der Waals surface area contributed by atoms with Crippen LogP contribution in [0.5, 0.6) is 11.8 Å². The van der Waals surface area contributed by atoms with E-state index in [9.17, 15) is 9.90 Å². The van der Waals surface area contributed by atoms with Crippen molar-refractivity contribution in [2.75, 3.05) is 20.3 Å². The first-order valence-electron chi connectivity index (χ1n) is 9.48. The number of aliphatic hydroxyl groups is 1. The largest absolute Gasteiger partial charge is 0.474 e. The molecule has 0 aliphatic heterocycles. The number of halogens is 1. The molecule has 8 nitrogen and oxygen atoms in total. The van der Waals surface area contributed by atoms with Crippen molar-refractivity contribution in [3.05, 3.63) is 35.5 Å². The first-order valence-corrected chi connectivity index (χ1v) is 9.85. The van der Waals surface area contributed by atoms with Crippen LogP contribution < -0.4 is 14.8 Å². The number of carbonyl (C=O) groups is 1. The molecule has 1 fully saturated rings. The molecule has 29 heavy (non-hydrogen) atoms. The zero-order valence-corrected chi connectivity index (χ0v) is 16.9. The molecule has 0 saturated heterocycles. The lowest BCUT2D eigenvalue weighted by Gasteiger charge is -2.27. The van der Waals surface area contributed by atoms with Crippen LogP contribution >= 0.6 is 11.6 Å². The van der Waals surface area contributed by atoms with Crippen molar-refractivity contribution in [2.24, 2.45) is 0 Å². The van der Waals surface area contributed by atoms with Crippen LogP contribution in [-0.4, -0.2) is 53.6 Å². The third-order valence-electron chi connectivity index (χ3n) is 4.59. The number of amides is 1. The molecule has 2 aromatic rings. The molecule has 2 N–H and O–H groups in total. The molecule has 0 spiro atoms. The van der Waals surface area contributed by atoms with E-state index < -0.39 is 12.2 Å². The zero-order chi connectivity index (χ0) is 20.6. The number of aliphatic hydroxyl groups excluding tert-OH is 1. The number of hydrogen-bond acceptors (Lipinski definition) is 7. The standard InChI is InChI=1S/C20H24ClN3O5/c1-27-10-11-28-19-18(13-6-8-14(21)9-7-13)24-17(12-22-19)29-20(26)23-15-4-2-3-5-16(15)25/h6-9,12,15-16,25H,2-5,10-11H2,1H3,(H,23,26)/t15-,16-/m1/s1. The number of rotatable bonds is 7. The summed E-state index contributed by atoms with van der Waals surface area (Å²) in [5.74, 6) is 0.316. The highest BCUT2D eigenvalue weighted by Crippen LogP contribution is 2.29. The van der Waals surface area contributed by atoms with Gasteiger partial charge in [0.25, 0.3) is 0 Å². The van der Waals surface area contributed by atoms with E-state index in [-0.39, 0.29) is 11.9 Å². The van der Waals surface area contributed by atoms with Gasteiger partial charge in [-0.05, 0) is 25.0 Å². The predicted molar refractivity (Wildman–Crippen MR) is 107 cm³/mol. The van der Waals surface area contributed by atoms with E-state index in [1.807, 2.05) is 0 Å². The summed E-state index contributed by atoms with van der Waals surface area (Å²) in [5.41, 5.74) is 1.13. The minimum atomic E-state index is -0.680. The normalized spacial score (nSPS) is 18.9. The molecule has 1 saturated carbocycles. The van der Waals surface area contributed by atoms with E-state index in [0.717, 1.165) is 12.8 Å². The van der Waals surface area contributed by atoms with Crippen LogP contribution in [0.2, 0.25) is 5.02 Å². The molecule has 1 amide bonds. The maximum atomic E-state index is 12.2. The minimum Gasteiger partial charge on any atom is -0.474 e. The lowest BCUT2D eigenvalue weighted by Crippen LogP contribution is -2.46. The van der Waals surface area contributed by atoms with Crippen LogP contribution in [0.3, 0.4) is 0 Å². The fraction of sp³-hybridized carbons (Fsp3) is 0.450. The molecular formula is C20H24ClN3O5. The lowest BCUT2D eigenvalue weighted by atomic mass is 9.93. The highest BCUT2D eigenvalue weighted by Gasteiger charge is 2.25. The first-order chi connectivity index (χ1) is 14.1. The molecule has 0 radical (unpaired) electrons. The fourth-order valence-corrected chi connectivity index (χ4v) is 3.22. The van der Waals surface area contributed by atoms with Crippen molar-refractivity contribution in [1.29, 1.82) is 0 Å². The molecule has 1 heterocycles. The lowest BCUT2D eigenvalue weighted by molar-refractivity contribution is 0.0890. The van der Waals surface area contributed by atoms with Gasteiger partial charge in [-0.2, -0.15) is 0 Å². The molecule has 0 unspecified atom stereocenters. The third kappa shape index (κ3) is 6.03. The summed E-state index contributed by atoms with van der Waals surface area (Å²) in [7, 11) is 1.58. The Kier molecular flexibility index (Phi) is 7.62. The van der Waals surface area contributed by atoms with Crippen molar-refractivity contribution < 1.29 is 24.1 Å². The Bertz CT molecular complexity index is 818. The summed E-state index contributed by atoms with van der Waals surface area (Å²) in [5, 5.41) is 13.3. The first kappa shape index (κ1) is 21.3. The zero-order valence-electron chi connectivity index (χ0n) is 16.1. The van der Waals surface area contributed by atoms with Gasteiger partial charge >= 0.3 is 6.09 Å². The summed E-state index contributed by atoms with van der Waals surface area (Å²) >= 11 is 5.96. The van der Waals surface area contributed by atoms with Crippen LogP contribution in [0.4, 0.5) is 4.79 Å². The molecule has 1 aliphatic carbocycles. The Morgan fingerprint density at radius 1 is 1.24 bits per heavy atom. The molecule has 156 valence electrons. The Morgan fingerprint density at radius 2 is 2.00 bits per heavy atom. The van der Waals surface area contributed by atoms with Gasteiger partial charge in [0.1, 0.15) is 12.3 Å². The molecule has 2 atom stereocenters. The number of benzene rings is 1. The van der Waals surface area contributed by atoms with Crippen LogP contribution in [0, 0.1) is 0 Å². The van der Waals surface area contributed by atoms with Crippen molar-refractivity contribution in [2.45, 2.75) is 37.8 Å². The van der Waals surface area contributed by atoms with Gasteiger partial charge in [-0.1, -0.05) is 36.6 Å². The average Bonchev–Trinajstić information content (AvgIpc) is 2.71. The van der Waals surface area contributed by atoms with Crippen LogP contribution in [-0.2, 0) is 4.74 Å². The molecular weight excluding hydrogens is 398 g/mol. The molecule has 1 aliphatic rings. The fourth-order valence-electron chi connectivity index (χ4n) is 3.09. The highest BCUT2D eigenvalue weighted by atomic mass is 35.5. The van der Waals surface area contributed by atoms with Crippen molar-refractivity contribution in [3.8, 4) is 23.0 Å².